The van der Waals surface area contributed by atoms with Gasteiger partial charge < -0.3 is 40.0 Å². The maximum Gasteiger partial charge on any atom is 0.407 e. The van der Waals surface area contributed by atoms with Crippen molar-refractivity contribution in [3.8, 4) is 0 Å². The minimum absolute atomic E-state index is 0.00637. The zero-order chi connectivity index (χ0) is 32.5. The summed E-state index contributed by atoms with van der Waals surface area (Å²) in [6, 6.07) is 0. The van der Waals surface area contributed by atoms with Gasteiger partial charge in [0.2, 0.25) is 0 Å². The van der Waals surface area contributed by atoms with Gasteiger partial charge in [-0.2, -0.15) is 0 Å². The van der Waals surface area contributed by atoms with Gasteiger partial charge in [-0.3, -0.25) is 0 Å². The van der Waals surface area contributed by atoms with Gasteiger partial charge in [-0.1, -0.05) is 65.5 Å². The van der Waals surface area contributed by atoms with Crippen molar-refractivity contribution in [2.45, 2.75) is 142 Å². The van der Waals surface area contributed by atoms with Crippen LogP contribution in [-0.2, 0) is 14.2 Å². The van der Waals surface area contributed by atoms with Crippen LogP contribution in [-0.4, -0.2) is 83.1 Å². The molecule has 0 aromatic carbocycles. The van der Waals surface area contributed by atoms with E-state index in [0.717, 1.165) is 54.8 Å². The van der Waals surface area contributed by atoms with E-state index in [1.54, 1.807) is 0 Å². The van der Waals surface area contributed by atoms with Crippen molar-refractivity contribution >= 4 is 6.09 Å². The first-order chi connectivity index (χ1) is 21.4. The highest BCUT2D eigenvalue weighted by Gasteiger charge is 2.59. The van der Waals surface area contributed by atoms with E-state index in [-0.39, 0.29) is 24.7 Å². The molecule has 0 aromatic rings. The van der Waals surface area contributed by atoms with Gasteiger partial charge in [-0.25, -0.2) is 4.79 Å². The van der Waals surface area contributed by atoms with Crippen molar-refractivity contribution < 1.29 is 39.4 Å². The average Bonchev–Trinajstić information content (AvgIpc) is 3.36. The highest BCUT2D eigenvalue weighted by molar-refractivity contribution is 5.67. The fraction of sp³-hybridized carbons (Fsp3) is 0.917. The number of aliphatic hydroxyl groups is 4. The number of aliphatic hydroxyl groups excluding tert-OH is 4. The molecule has 0 aromatic heterocycles. The van der Waals surface area contributed by atoms with E-state index in [9.17, 15) is 25.2 Å². The maximum absolute atomic E-state index is 12.6. The van der Waals surface area contributed by atoms with Crippen LogP contribution in [0.1, 0.15) is 105 Å². The summed E-state index contributed by atoms with van der Waals surface area (Å²) in [5, 5.41) is 42.0. The maximum atomic E-state index is 12.6. The van der Waals surface area contributed by atoms with Gasteiger partial charge in [0, 0.05) is 13.0 Å². The number of carbonyl (C=O) groups excluding carboxylic acids is 1. The van der Waals surface area contributed by atoms with Gasteiger partial charge in [0.15, 0.2) is 6.29 Å². The zero-order valence-electron chi connectivity index (χ0n) is 28.3. The van der Waals surface area contributed by atoms with Crippen molar-refractivity contribution in [1.29, 1.82) is 0 Å². The molecule has 13 atom stereocenters. The molecule has 9 heteroatoms. The minimum atomic E-state index is -1.50. The number of nitrogens with one attached hydrogen (secondary N) is 1. The summed E-state index contributed by atoms with van der Waals surface area (Å²) in [7, 11) is 0. The molecule has 0 bridgehead atoms. The number of alkyl carbamates (subject to hydrolysis) is 1. The largest absolute Gasteiger partial charge is 0.446 e. The first-order valence-corrected chi connectivity index (χ1v) is 17.9. The molecule has 0 spiro atoms. The van der Waals surface area contributed by atoms with E-state index in [0.29, 0.717) is 5.41 Å². The molecule has 1 aliphatic heterocycles. The highest BCUT2D eigenvalue weighted by Crippen LogP contribution is 2.67. The number of allylic oxidation sites excluding steroid dienone is 1. The second kappa shape index (κ2) is 14.5. The fourth-order valence-corrected chi connectivity index (χ4v) is 10.5. The van der Waals surface area contributed by atoms with Crippen molar-refractivity contribution in [2.24, 2.45) is 46.3 Å². The predicted octanol–water partition coefficient (Wildman–Crippen LogP) is 4.94. The third kappa shape index (κ3) is 7.14. The van der Waals surface area contributed by atoms with Crippen molar-refractivity contribution in [2.75, 3.05) is 19.8 Å². The topological polar surface area (TPSA) is 138 Å². The van der Waals surface area contributed by atoms with Crippen LogP contribution in [0, 0.1) is 46.3 Å². The van der Waals surface area contributed by atoms with E-state index >= 15 is 0 Å². The van der Waals surface area contributed by atoms with Crippen LogP contribution in [0.4, 0.5) is 4.79 Å². The summed E-state index contributed by atoms with van der Waals surface area (Å²) in [4.78, 5) is 12.6. The molecule has 0 radical (unpaired) electrons. The van der Waals surface area contributed by atoms with Crippen molar-refractivity contribution in [3.05, 3.63) is 11.6 Å². The molecule has 5 N–H and O–H groups in total. The van der Waals surface area contributed by atoms with E-state index in [1.165, 1.54) is 56.9 Å². The molecule has 3 saturated carbocycles. The van der Waals surface area contributed by atoms with Gasteiger partial charge >= 0.3 is 6.09 Å². The Morgan fingerprint density at radius 2 is 1.80 bits per heavy atom. The highest BCUT2D eigenvalue weighted by atomic mass is 16.7. The van der Waals surface area contributed by atoms with Crippen LogP contribution in [0.5, 0.6) is 0 Å². The lowest BCUT2D eigenvalue weighted by molar-refractivity contribution is -0.300. The van der Waals surface area contributed by atoms with Gasteiger partial charge in [0.25, 0.3) is 0 Å². The Bertz CT molecular complexity index is 1030. The standard InChI is InChI=1S/C36H61NO8/c1-21(2)7-6-8-22(3)26-11-12-27-25-10-9-23-19-24(13-15-35(23,4)28(25)14-16-36(26,27)5)44-34(42)37-17-18-43-33-32(41)31(40)30(39)29(20-38)45-33/h9,21-22,24-33,38-41H,6-8,10-20H2,1-5H3,(H,37,42)/t22-,24+,25+,26-,27+,28+,29-,30-,31-,32+,33-,35+,36-/m1/s1. The van der Waals surface area contributed by atoms with E-state index in [4.69, 9.17) is 14.2 Å². The van der Waals surface area contributed by atoms with E-state index < -0.39 is 43.4 Å². The number of fused-ring (bicyclic) bond motifs is 5. The van der Waals surface area contributed by atoms with Crippen LogP contribution in [0.25, 0.3) is 0 Å². The smallest absolute Gasteiger partial charge is 0.407 e. The van der Waals surface area contributed by atoms with Crippen LogP contribution >= 0.6 is 0 Å². The van der Waals surface area contributed by atoms with Gasteiger partial charge in [0.1, 0.15) is 30.5 Å². The Hall–Kier alpha value is -1.23. The molecular weight excluding hydrogens is 574 g/mol. The van der Waals surface area contributed by atoms with Gasteiger partial charge in [-0.15, -0.1) is 0 Å². The van der Waals surface area contributed by atoms with Crippen LogP contribution in [0.2, 0.25) is 0 Å². The molecular formula is C36H61NO8. The molecule has 4 aliphatic carbocycles. The Morgan fingerprint density at radius 3 is 2.53 bits per heavy atom. The zero-order valence-corrected chi connectivity index (χ0v) is 28.3. The Balaban J connectivity index is 1.09. The normalized spacial score (nSPS) is 43.6. The molecule has 4 fully saturated rings. The van der Waals surface area contributed by atoms with Crippen molar-refractivity contribution in [1.82, 2.24) is 5.32 Å². The summed E-state index contributed by atoms with van der Waals surface area (Å²) in [6.07, 6.45) is 8.66. The lowest BCUT2D eigenvalue weighted by atomic mass is 9.47. The average molecular weight is 636 g/mol. The molecule has 0 unspecified atom stereocenters. The molecule has 258 valence electrons. The number of carbonyl (C=O) groups is 1. The number of hydrogen-bond acceptors (Lipinski definition) is 8. The van der Waals surface area contributed by atoms with Gasteiger partial charge in [-0.05, 0) is 91.3 Å². The number of rotatable bonds is 11. The predicted molar refractivity (Wildman–Crippen MR) is 171 cm³/mol. The Labute approximate surface area is 270 Å². The van der Waals surface area contributed by atoms with Crippen molar-refractivity contribution in [3.63, 3.8) is 0 Å². The summed E-state index contributed by atoms with van der Waals surface area (Å²) >= 11 is 0. The van der Waals surface area contributed by atoms with E-state index in [2.05, 4.69) is 46.0 Å². The first kappa shape index (κ1) is 35.1. The number of ether oxygens (including phenoxy) is 3. The summed E-state index contributed by atoms with van der Waals surface area (Å²) < 4.78 is 16.6. The fourth-order valence-electron chi connectivity index (χ4n) is 10.5. The number of hydrogen-bond donors (Lipinski definition) is 5. The van der Waals surface area contributed by atoms with Crippen LogP contribution in [0.3, 0.4) is 0 Å². The molecule has 9 nitrogen and oxygen atoms in total. The van der Waals surface area contributed by atoms with Crippen LogP contribution < -0.4 is 5.32 Å². The molecule has 1 amide bonds. The molecule has 1 saturated heterocycles. The lowest BCUT2D eigenvalue weighted by Gasteiger charge is -2.58. The van der Waals surface area contributed by atoms with E-state index in [1.807, 2.05) is 0 Å². The van der Waals surface area contributed by atoms with Crippen LogP contribution in [0.15, 0.2) is 11.6 Å². The number of amides is 1. The van der Waals surface area contributed by atoms with Gasteiger partial charge in [0.05, 0.1) is 13.2 Å². The molecule has 5 aliphatic rings. The SMILES string of the molecule is CC(C)CCC[C@@H](C)[C@H]1CC[C@H]2[C@@H]3CC=C4C[C@@H](OC(=O)NCCO[C@@H]5O[C@H](CO)[C@@H](O)[C@@H](O)[C@@H]5O)CC[C@]4(C)[C@H]3CC[C@]12C. The minimum Gasteiger partial charge on any atom is -0.446 e. The third-order valence-electron chi connectivity index (χ3n) is 13.0. The first-order valence-electron chi connectivity index (χ1n) is 17.9. The molecule has 45 heavy (non-hydrogen) atoms. The summed E-state index contributed by atoms with van der Waals surface area (Å²) in [5.41, 5.74) is 2.16. The molecule has 1 heterocycles. The Morgan fingerprint density at radius 1 is 1.02 bits per heavy atom. The Kier molecular flexibility index (Phi) is 11.3. The second-order valence-corrected chi connectivity index (χ2v) is 16.1. The third-order valence-corrected chi connectivity index (χ3v) is 13.0. The second-order valence-electron chi connectivity index (χ2n) is 16.1. The molecule has 5 rings (SSSR count). The quantitative estimate of drug-likeness (QED) is 0.159. The lowest BCUT2D eigenvalue weighted by Crippen LogP contribution is -2.59. The summed E-state index contributed by atoms with van der Waals surface area (Å²) in [6.45, 7) is 12.0. The summed E-state index contributed by atoms with van der Waals surface area (Å²) in [5.74, 6) is 4.80. The monoisotopic (exact) mass is 635 g/mol.